The lowest BCUT2D eigenvalue weighted by atomic mass is 9.33. The van der Waals surface area contributed by atoms with Crippen LogP contribution in [0.3, 0.4) is 0 Å². The SMILES string of the molecule is CC(C)(C)c1ccc(N2c3ccc(C(C)(C)C)cc3B3c4cc5c(cc4N(c4ccccc4)c4cc(N6c7ccc(C(C)(C)C)cc7C7(C)CCC67C)cc2c43)C(C)(C)CCC5(C)C)cc1. The minimum absolute atomic E-state index is 0.0164. The van der Waals surface area contributed by atoms with Gasteiger partial charge in [0.1, 0.15) is 0 Å². The molecule has 3 nitrogen and oxygen atoms in total. The molecule has 3 aliphatic heterocycles. The summed E-state index contributed by atoms with van der Waals surface area (Å²) in [7, 11) is 0. The molecule has 1 fully saturated rings. The molecule has 5 aliphatic rings. The molecule has 3 heterocycles. The monoisotopic (exact) mass is 870 g/mol. The van der Waals surface area contributed by atoms with E-state index in [1.54, 1.807) is 0 Å². The number of rotatable bonds is 3. The lowest BCUT2D eigenvalue weighted by Crippen LogP contribution is -2.62. The number of hydrogen-bond acceptors (Lipinski definition) is 3. The van der Waals surface area contributed by atoms with Gasteiger partial charge < -0.3 is 14.7 Å². The van der Waals surface area contributed by atoms with Gasteiger partial charge in [-0.25, -0.2) is 0 Å². The van der Waals surface area contributed by atoms with Crippen molar-refractivity contribution in [3.05, 3.63) is 149 Å². The van der Waals surface area contributed by atoms with Gasteiger partial charge in [-0.05, 0) is 164 Å². The molecule has 4 heteroatoms. The van der Waals surface area contributed by atoms with Crippen molar-refractivity contribution in [1.29, 1.82) is 0 Å². The first-order valence-electron chi connectivity index (χ1n) is 25.1. The van der Waals surface area contributed by atoms with Gasteiger partial charge in [0, 0.05) is 50.9 Å². The molecule has 338 valence electrons. The molecule has 66 heavy (non-hydrogen) atoms. The third kappa shape index (κ3) is 6.07. The summed E-state index contributed by atoms with van der Waals surface area (Å²) in [4.78, 5) is 8.07. The molecule has 2 atom stereocenters. The fourth-order valence-corrected chi connectivity index (χ4v) is 12.9. The quantitative estimate of drug-likeness (QED) is 0.164. The van der Waals surface area contributed by atoms with Gasteiger partial charge in [-0.1, -0.05) is 158 Å². The predicted molar refractivity (Wildman–Crippen MR) is 285 cm³/mol. The van der Waals surface area contributed by atoms with E-state index >= 15 is 0 Å². The van der Waals surface area contributed by atoms with Gasteiger partial charge in [0.2, 0.25) is 0 Å². The molecule has 2 unspecified atom stereocenters. The highest BCUT2D eigenvalue weighted by Crippen LogP contribution is 2.66. The van der Waals surface area contributed by atoms with E-state index in [0.717, 1.165) is 6.42 Å². The maximum absolute atomic E-state index is 2.78. The van der Waals surface area contributed by atoms with Crippen LogP contribution in [0.15, 0.2) is 115 Å². The smallest absolute Gasteiger partial charge is 0.252 e. The molecule has 0 aromatic heterocycles. The van der Waals surface area contributed by atoms with E-state index in [2.05, 4.69) is 234 Å². The Morgan fingerprint density at radius 2 is 0.909 bits per heavy atom. The van der Waals surface area contributed by atoms with Gasteiger partial charge in [0.05, 0.1) is 5.54 Å². The summed E-state index contributed by atoms with van der Waals surface area (Å²) in [5.74, 6) is 0. The second kappa shape index (κ2) is 13.7. The first kappa shape index (κ1) is 43.4. The van der Waals surface area contributed by atoms with Crippen molar-refractivity contribution in [2.75, 3.05) is 14.7 Å². The minimum atomic E-state index is -0.0710. The van der Waals surface area contributed by atoms with E-state index in [1.807, 2.05) is 0 Å². The van der Waals surface area contributed by atoms with E-state index < -0.39 is 0 Å². The summed E-state index contributed by atoms with van der Waals surface area (Å²) < 4.78 is 0. The van der Waals surface area contributed by atoms with Gasteiger partial charge in [-0.15, -0.1) is 0 Å². The topological polar surface area (TPSA) is 9.72 Å². The second-order valence-electron chi connectivity index (χ2n) is 25.8. The van der Waals surface area contributed by atoms with E-state index in [0.29, 0.717) is 0 Å². The summed E-state index contributed by atoms with van der Waals surface area (Å²) >= 11 is 0. The maximum Gasteiger partial charge on any atom is 0.252 e. The van der Waals surface area contributed by atoms with E-state index in [4.69, 9.17) is 0 Å². The van der Waals surface area contributed by atoms with Crippen molar-refractivity contribution < 1.29 is 0 Å². The van der Waals surface area contributed by atoms with Crippen LogP contribution in [-0.2, 0) is 32.5 Å². The fraction of sp³-hybridized carbons (Fsp3) is 0.419. The Morgan fingerprint density at radius 3 is 1.47 bits per heavy atom. The Balaban J connectivity index is 1.27. The van der Waals surface area contributed by atoms with Crippen LogP contribution >= 0.6 is 0 Å². The van der Waals surface area contributed by atoms with Crippen molar-refractivity contribution >= 4 is 68.6 Å². The third-order valence-electron chi connectivity index (χ3n) is 17.6. The van der Waals surface area contributed by atoms with Crippen LogP contribution in [0, 0.1) is 0 Å². The molecule has 0 N–H and O–H groups in total. The van der Waals surface area contributed by atoms with E-state index in [-0.39, 0.29) is 44.7 Å². The van der Waals surface area contributed by atoms with Gasteiger partial charge >= 0.3 is 0 Å². The molecule has 0 spiro atoms. The average molecular weight is 870 g/mol. The Labute approximate surface area is 397 Å². The first-order valence-corrected chi connectivity index (χ1v) is 25.1. The van der Waals surface area contributed by atoms with E-state index in [1.165, 1.54) is 115 Å². The standard InChI is InChI=1S/C62H72BN3/c1-56(2,3)39-21-25-43(26-22-39)64-51-28-24-41(58(7,8)9)34-48(51)63-49-37-45-46(60(12,13)30-29-59(45,10)11)38-52(49)65(42-19-17-16-18-20-42)54-36-44(35-53(64)55(54)63)66-50-27-23-40(57(4,5)6)33-47(50)61(14)31-32-62(61,66)15/h16-28,33-38H,29-32H2,1-15H3. The molecular formula is C62H72BN3. The number of nitrogens with zero attached hydrogens (tertiary/aromatic N) is 3. The first-order chi connectivity index (χ1) is 30.8. The Kier molecular flexibility index (Phi) is 9.00. The largest absolute Gasteiger partial charge is 0.334 e. The van der Waals surface area contributed by atoms with Crippen molar-refractivity contribution in [2.24, 2.45) is 0 Å². The minimum Gasteiger partial charge on any atom is -0.334 e. The highest BCUT2D eigenvalue weighted by Gasteiger charge is 2.63. The summed E-state index contributed by atoms with van der Waals surface area (Å²) in [6, 6.07) is 46.2. The van der Waals surface area contributed by atoms with Gasteiger partial charge in [-0.2, -0.15) is 0 Å². The van der Waals surface area contributed by atoms with Gasteiger partial charge in [0.15, 0.2) is 0 Å². The number of hydrogen-bond donors (Lipinski definition) is 0. The van der Waals surface area contributed by atoms with E-state index in [9.17, 15) is 0 Å². The molecule has 0 radical (unpaired) electrons. The zero-order valence-electron chi connectivity index (χ0n) is 42.7. The second-order valence-corrected chi connectivity index (χ2v) is 25.8. The molecule has 6 aromatic rings. The number of anilines is 8. The zero-order valence-corrected chi connectivity index (χ0v) is 42.7. The van der Waals surface area contributed by atoms with Crippen LogP contribution in [0.2, 0.25) is 0 Å². The van der Waals surface area contributed by atoms with Gasteiger partial charge in [-0.3, -0.25) is 0 Å². The summed E-state index contributed by atoms with van der Waals surface area (Å²) in [5, 5.41) is 0. The zero-order chi connectivity index (χ0) is 46.9. The maximum atomic E-state index is 2.78. The van der Waals surface area contributed by atoms with Crippen molar-refractivity contribution in [3.8, 4) is 0 Å². The van der Waals surface area contributed by atoms with Gasteiger partial charge in [0.25, 0.3) is 6.71 Å². The lowest BCUT2D eigenvalue weighted by molar-refractivity contribution is 0.133. The molecule has 6 aromatic carbocycles. The molecule has 11 rings (SSSR count). The lowest BCUT2D eigenvalue weighted by Gasteiger charge is -2.56. The Morgan fingerprint density at radius 1 is 0.409 bits per heavy atom. The number of benzene rings is 6. The van der Waals surface area contributed by atoms with Crippen molar-refractivity contribution in [1.82, 2.24) is 0 Å². The normalized spacial score (nSPS) is 22.2. The summed E-state index contributed by atoms with van der Waals surface area (Å²) in [5.41, 5.74) is 23.3. The summed E-state index contributed by atoms with van der Waals surface area (Å²) in [6.07, 6.45) is 4.70. The highest BCUT2D eigenvalue weighted by atomic mass is 15.3. The molecule has 2 aliphatic carbocycles. The van der Waals surface area contributed by atoms with Crippen LogP contribution in [0.4, 0.5) is 45.5 Å². The van der Waals surface area contributed by atoms with Crippen LogP contribution in [0.25, 0.3) is 0 Å². The number of para-hydroxylation sites is 1. The number of fused-ring (bicyclic) bond motifs is 8. The van der Waals surface area contributed by atoms with Crippen molar-refractivity contribution in [2.45, 2.75) is 168 Å². The Hall–Kier alpha value is -5.22. The predicted octanol–water partition coefficient (Wildman–Crippen LogP) is 15.0. The molecule has 0 amide bonds. The van der Waals surface area contributed by atoms with Crippen LogP contribution < -0.4 is 31.1 Å². The fourth-order valence-electron chi connectivity index (χ4n) is 12.9. The van der Waals surface area contributed by atoms with Crippen LogP contribution in [-0.4, -0.2) is 12.3 Å². The summed E-state index contributed by atoms with van der Waals surface area (Å²) in [6.45, 7) is 36.2. The Bertz CT molecular complexity index is 2970. The average Bonchev–Trinajstić information content (AvgIpc) is 3.38. The van der Waals surface area contributed by atoms with Crippen molar-refractivity contribution in [3.63, 3.8) is 0 Å². The molecule has 0 saturated heterocycles. The highest BCUT2D eigenvalue weighted by molar-refractivity contribution is 7.00. The third-order valence-corrected chi connectivity index (χ3v) is 17.6. The van der Waals surface area contributed by atoms with Crippen LogP contribution in [0.1, 0.15) is 163 Å². The molecular weight excluding hydrogens is 798 g/mol. The molecule has 0 bridgehead atoms. The van der Waals surface area contributed by atoms with Crippen LogP contribution in [0.5, 0.6) is 0 Å². The molecule has 1 saturated carbocycles.